The molecule has 1 unspecified atom stereocenters. The molecule has 2 aliphatic rings. The summed E-state index contributed by atoms with van der Waals surface area (Å²) in [5, 5.41) is 18.3. The second kappa shape index (κ2) is 8.48. The largest absolute Gasteiger partial charge is 0.408 e. The van der Waals surface area contributed by atoms with Crippen molar-refractivity contribution in [2.45, 2.75) is 31.6 Å². The molecule has 5 rings (SSSR count). The molecule has 182 valence electrons. The lowest BCUT2D eigenvalue weighted by atomic mass is 10.1. The van der Waals surface area contributed by atoms with E-state index in [0.29, 0.717) is 36.6 Å². The first-order chi connectivity index (χ1) is 16.7. The van der Waals surface area contributed by atoms with Gasteiger partial charge in [0.25, 0.3) is 5.91 Å². The highest BCUT2D eigenvalue weighted by atomic mass is 19.4. The van der Waals surface area contributed by atoms with Crippen molar-refractivity contribution in [3.63, 3.8) is 0 Å². The first kappa shape index (κ1) is 22.5. The van der Waals surface area contributed by atoms with Crippen molar-refractivity contribution in [2.75, 3.05) is 28.2 Å². The summed E-state index contributed by atoms with van der Waals surface area (Å²) >= 11 is 0. The van der Waals surface area contributed by atoms with Gasteiger partial charge in [0, 0.05) is 24.8 Å². The van der Waals surface area contributed by atoms with Crippen LogP contribution in [0, 0.1) is 0 Å². The summed E-state index contributed by atoms with van der Waals surface area (Å²) < 4.78 is 38.6. The van der Waals surface area contributed by atoms with Gasteiger partial charge in [-0.1, -0.05) is 0 Å². The number of halogens is 3. The number of fused-ring (bicyclic) bond motifs is 4. The van der Waals surface area contributed by atoms with Crippen molar-refractivity contribution >= 4 is 29.3 Å². The minimum atomic E-state index is -4.59. The van der Waals surface area contributed by atoms with Crippen LogP contribution < -0.4 is 20.4 Å². The van der Waals surface area contributed by atoms with Crippen LogP contribution in [0.3, 0.4) is 0 Å². The van der Waals surface area contributed by atoms with Crippen LogP contribution in [0.15, 0.2) is 30.5 Å². The second-order valence-electron chi connectivity index (χ2n) is 8.13. The fourth-order valence-electron chi connectivity index (χ4n) is 4.04. The summed E-state index contributed by atoms with van der Waals surface area (Å²) in [7, 11) is 0. The fraction of sp³-hybridized carbons (Fsp3) is 0.350. The van der Waals surface area contributed by atoms with Crippen LogP contribution in [0.5, 0.6) is 0 Å². The van der Waals surface area contributed by atoms with Crippen molar-refractivity contribution < 1.29 is 22.8 Å². The van der Waals surface area contributed by atoms with Gasteiger partial charge >= 0.3 is 12.2 Å². The van der Waals surface area contributed by atoms with Crippen molar-refractivity contribution in [3.05, 3.63) is 36.2 Å². The number of hydrogen-bond donors (Lipinski definition) is 3. The molecule has 0 radical (unpaired) electrons. The van der Waals surface area contributed by atoms with Gasteiger partial charge in [0.1, 0.15) is 17.6 Å². The van der Waals surface area contributed by atoms with E-state index in [1.54, 1.807) is 18.2 Å². The number of amides is 3. The van der Waals surface area contributed by atoms with Crippen LogP contribution in [0.25, 0.3) is 11.4 Å². The molecule has 0 saturated carbocycles. The van der Waals surface area contributed by atoms with Crippen molar-refractivity contribution in [3.8, 4) is 11.4 Å². The van der Waals surface area contributed by atoms with E-state index in [4.69, 9.17) is 0 Å². The molecule has 0 spiro atoms. The molecule has 2 atom stereocenters. The van der Waals surface area contributed by atoms with Crippen LogP contribution in [-0.4, -0.2) is 73.9 Å². The third-order valence-corrected chi connectivity index (χ3v) is 5.84. The maximum Gasteiger partial charge on any atom is 0.408 e. The second-order valence-corrected chi connectivity index (χ2v) is 8.13. The van der Waals surface area contributed by atoms with Gasteiger partial charge in [0.15, 0.2) is 5.82 Å². The zero-order valence-corrected chi connectivity index (χ0v) is 18.2. The number of nitrogens with zero attached hydrogens (tertiary/aromatic N) is 7. The molecule has 3 aromatic rings. The zero-order valence-electron chi connectivity index (χ0n) is 18.2. The van der Waals surface area contributed by atoms with E-state index in [2.05, 4.69) is 35.9 Å². The first-order valence-corrected chi connectivity index (χ1v) is 10.6. The van der Waals surface area contributed by atoms with Gasteiger partial charge in [-0.15, -0.1) is 10.2 Å². The first-order valence-electron chi connectivity index (χ1n) is 10.6. The van der Waals surface area contributed by atoms with Crippen LogP contribution in [0.1, 0.15) is 23.8 Å². The molecule has 2 bridgehead atoms. The van der Waals surface area contributed by atoms with Gasteiger partial charge < -0.3 is 10.2 Å². The summed E-state index contributed by atoms with van der Waals surface area (Å²) in [5.74, 6) is -0.242. The van der Waals surface area contributed by atoms with Gasteiger partial charge in [0.2, 0.25) is 5.82 Å². The van der Waals surface area contributed by atoms with Gasteiger partial charge in [-0.2, -0.15) is 18.4 Å². The Morgan fingerprint density at radius 1 is 1.26 bits per heavy atom. The van der Waals surface area contributed by atoms with E-state index in [9.17, 15) is 22.8 Å². The molecule has 15 heteroatoms. The van der Waals surface area contributed by atoms with Crippen LogP contribution >= 0.6 is 0 Å². The Bertz CT molecular complexity index is 1270. The molecule has 3 N–H and O–H groups in total. The lowest BCUT2D eigenvalue weighted by Gasteiger charge is -2.35. The molecule has 2 aliphatic heterocycles. The molecule has 5 heterocycles. The van der Waals surface area contributed by atoms with E-state index in [-0.39, 0.29) is 23.4 Å². The molecule has 3 aromatic heterocycles. The normalized spacial score (nSPS) is 17.7. The number of pyridine rings is 2. The van der Waals surface area contributed by atoms with Crippen LogP contribution in [0.4, 0.5) is 35.3 Å². The molecule has 12 nitrogen and oxygen atoms in total. The van der Waals surface area contributed by atoms with Crippen LogP contribution in [0.2, 0.25) is 0 Å². The molecule has 1 saturated heterocycles. The standard InChI is InChI=1S/C20H19F3N10O2/c1-10(20(21,22)23)25-18(34)13-2-3-14-17(26-13)33(12-5-7-32(14)9-12)19(35)27-15-8-11(4-6-24-15)16-28-30-31-29-16/h2-4,6,8,10,12H,5,7,9H2,1H3,(H,25,34)(H,24,27,35)(H,28,29,30,31)/t10-,12?/m1/s1. The van der Waals surface area contributed by atoms with Crippen LogP contribution in [-0.2, 0) is 0 Å². The summed E-state index contributed by atoms with van der Waals surface area (Å²) in [6.45, 7) is 2.08. The topological polar surface area (TPSA) is 145 Å². The Kier molecular flexibility index (Phi) is 5.45. The molecule has 35 heavy (non-hydrogen) atoms. The Labute approximate surface area is 195 Å². The van der Waals surface area contributed by atoms with Gasteiger partial charge in [-0.05, 0) is 42.8 Å². The highest BCUT2D eigenvalue weighted by molar-refractivity contribution is 6.05. The Morgan fingerprint density at radius 3 is 2.83 bits per heavy atom. The zero-order chi connectivity index (χ0) is 24.7. The molecule has 3 amide bonds. The highest BCUT2D eigenvalue weighted by Gasteiger charge is 2.41. The number of H-pyrrole nitrogens is 1. The molecule has 0 aromatic carbocycles. The van der Waals surface area contributed by atoms with E-state index in [1.807, 2.05) is 10.2 Å². The number of alkyl halides is 3. The van der Waals surface area contributed by atoms with Gasteiger partial charge in [-0.25, -0.2) is 14.8 Å². The van der Waals surface area contributed by atoms with Gasteiger partial charge in [-0.3, -0.25) is 15.0 Å². The van der Waals surface area contributed by atoms with Crippen molar-refractivity contribution in [1.82, 2.24) is 35.9 Å². The quantitative estimate of drug-likeness (QED) is 0.506. The number of carbonyl (C=O) groups excluding carboxylic acids is 2. The van der Waals surface area contributed by atoms with Gasteiger partial charge in [0.05, 0.1) is 11.7 Å². The Morgan fingerprint density at radius 2 is 2.09 bits per heavy atom. The summed E-state index contributed by atoms with van der Waals surface area (Å²) in [6, 6.07) is 3.34. The number of urea groups is 1. The molecular formula is C20H19F3N10O2. The van der Waals surface area contributed by atoms with Crippen molar-refractivity contribution in [2.24, 2.45) is 0 Å². The smallest absolute Gasteiger partial charge is 0.366 e. The van der Waals surface area contributed by atoms with E-state index in [1.165, 1.54) is 17.2 Å². The van der Waals surface area contributed by atoms with E-state index in [0.717, 1.165) is 6.92 Å². The third-order valence-electron chi connectivity index (χ3n) is 5.84. The number of tetrazole rings is 1. The number of aromatic amines is 1. The number of rotatable bonds is 4. The Hall–Kier alpha value is -4.30. The van der Waals surface area contributed by atoms with E-state index >= 15 is 0 Å². The minimum Gasteiger partial charge on any atom is -0.366 e. The predicted octanol–water partition coefficient (Wildman–Crippen LogP) is 1.97. The fourth-order valence-corrected chi connectivity index (χ4v) is 4.04. The number of nitrogens with one attached hydrogen (secondary N) is 3. The average molecular weight is 488 g/mol. The Balaban J connectivity index is 1.42. The highest BCUT2D eigenvalue weighted by Crippen LogP contribution is 2.39. The lowest BCUT2D eigenvalue weighted by molar-refractivity contribution is -0.149. The SMILES string of the molecule is C[C@@H](NC(=O)c1ccc2c(n1)N(C(=O)Nc1cc(-c3nn[nH]n3)ccn1)C1CCN2C1)C(F)(F)F. The van der Waals surface area contributed by atoms with E-state index < -0.39 is 24.2 Å². The summed E-state index contributed by atoms with van der Waals surface area (Å²) in [6.07, 6.45) is -2.46. The summed E-state index contributed by atoms with van der Waals surface area (Å²) in [5.41, 5.74) is 0.964. The van der Waals surface area contributed by atoms with Crippen molar-refractivity contribution in [1.29, 1.82) is 0 Å². The number of anilines is 3. The molecular weight excluding hydrogens is 469 g/mol. The monoisotopic (exact) mass is 488 g/mol. The third kappa shape index (κ3) is 4.31. The molecule has 0 aliphatic carbocycles. The number of hydrogen-bond acceptors (Lipinski definition) is 8. The number of aromatic nitrogens is 6. The maximum absolute atomic E-state index is 13.3. The maximum atomic E-state index is 13.3. The minimum absolute atomic E-state index is 0.192. The molecule has 1 fully saturated rings. The predicted molar refractivity (Wildman–Crippen MR) is 117 cm³/mol. The lowest BCUT2D eigenvalue weighted by Crippen LogP contribution is -2.49. The number of carbonyl (C=O) groups is 2. The summed E-state index contributed by atoms with van der Waals surface area (Å²) in [4.78, 5) is 37.7. The average Bonchev–Trinajstić information content (AvgIpc) is 3.50.